The lowest BCUT2D eigenvalue weighted by Crippen LogP contribution is -2.60. The fraction of sp³-hybridized carbons (Fsp3) is 0.300. The van der Waals surface area contributed by atoms with Gasteiger partial charge in [-0.1, -0.05) is 12.1 Å². The zero-order valence-corrected chi connectivity index (χ0v) is 10.7. The summed E-state index contributed by atoms with van der Waals surface area (Å²) in [7, 11) is -5.03. The van der Waals surface area contributed by atoms with E-state index in [9.17, 15) is 26.4 Å². The predicted molar refractivity (Wildman–Crippen MR) is 62.2 cm³/mol. The van der Waals surface area contributed by atoms with Crippen molar-refractivity contribution in [2.75, 3.05) is 6.54 Å². The van der Waals surface area contributed by atoms with Crippen LogP contribution in [0.3, 0.4) is 0 Å². The Morgan fingerprint density at radius 3 is 2.15 bits per heavy atom. The Hall–Kier alpha value is -1.65. The van der Waals surface area contributed by atoms with Crippen LogP contribution in [0.1, 0.15) is 5.56 Å². The normalized spacial score (nSPS) is 15.7. The highest BCUT2D eigenvalue weighted by molar-refractivity contribution is 7.93. The molecule has 5 N–H and O–H groups in total. The number of aliphatic carboxylic acids is 1. The summed E-state index contributed by atoms with van der Waals surface area (Å²) in [5.41, 5.74) is 8.71. The van der Waals surface area contributed by atoms with E-state index in [-0.39, 0.29) is 0 Å². The Morgan fingerprint density at radius 1 is 1.25 bits per heavy atom. The van der Waals surface area contributed by atoms with Crippen LogP contribution in [0.25, 0.3) is 0 Å². The molecule has 0 aliphatic heterocycles. The number of halogens is 3. The van der Waals surface area contributed by atoms with Gasteiger partial charge in [-0.05, 0) is 12.1 Å². The van der Waals surface area contributed by atoms with Crippen LogP contribution in [-0.4, -0.2) is 30.9 Å². The van der Waals surface area contributed by atoms with Crippen LogP contribution >= 0.6 is 0 Å². The molecule has 0 bridgehead atoms. The fourth-order valence-electron chi connectivity index (χ4n) is 1.44. The smallest absolute Gasteiger partial charge is 0.417 e. The average molecular weight is 312 g/mol. The second-order valence-corrected chi connectivity index (χ2v) is 6.07. The van der Waals surface area contributed by atoms with Crippen LogP contribution in [0.15, 0.2) is 29.2 Å². The molecule has 1 atom stereocenters. The third kappa shape index (κ3) is 2.49. The van der Waals surface area contributed by atoms with E-state index in [1.807, 2.05) is 0 Å². The molecule has 0 saturated carbocycles. The first kappa shape index (κ1) is 16.4. The van der Waals surface area contributed by atoms with Gasteiger partial charge < -0.3 is 16.6 Å². The molecule has 6 nitrogen and oxygen atoms in total. The van der Waals surface area contributed by atoms with Crippen LogP contribution in [0.4, 0.5) is 13.2 Å². The number of hydrogen-bond acceptors (Lipinski definition) is 5. The summed E-state index contributed by atoms with van der Waals surface area (Å²) in [6, 6.07) is 3.16. The zero-order valence-electron chi connectivity index (χ0n) is 9.89. The minimum Gasteiger partial charge on any atom is -0.479 e. The van der Waals surface area contributed by atoms with Gasteiger partial charge >= 0.3 is 12.1 Å². The van der Waals surface area contributed by atoms with Crippen molar-refractivity contribution in [2.24, 2.45) is 11.5 Å². The largest absolute Gasteiger partial charge is 0.479 e. The number of carbonyl (C=O) groups is 1. The highest BCUT2D eigenvalue weighted by atomic mass is 32.2. The van der Waals surface area contributed by atoms with Gasteiger partial charge in [0.25, 0.3) is 0 Å². The number of rotatable bonds is 4. The van der Waals surface area contributed by atoms with E-state index in [0.29, 0.717) is 12.1 Å². The van der Waals surface area contributed by atoms with Crippen LogP contribution in [-0.2, 0) is 20.8 Å². The summed E-state index contributed by atoms with van der Waals surface area (Å²) in [5.74, 6) is -2.03. The van der Waals surface area contributed by atoms with Crippen molar-refractivity contribution in [3.8, 4) is 0 Å². The van der Waals surface area contributed by atoms with Crippen molar-refractivity contribution in [2.45, 2.75) is 15.9 Å². The molecule has 0 aliphatic carbocycles. The van der Waals surface area contributed by atoms with Gasteiger partial charge in [0, 0.05) is 6.54 Å². The maximum atomic E-state index is 12.8. The quantitative estimate of drug-likeness (QED) is 0.728. The molecule has 0 saturated heterocycles. The van der Waals surface area contributed by atoms with Gasteiger partial charge in [-0.25, -0.2) is 13.2 Å². The molecule has 0 aliphatic rings. The van der Waals surface area contributed by atoms with Crippen molar-refractivity contribution >= 4 is 15.8 Å². The lowest BCUT2D eigenvalue weighted by molar-refractivity contribution is -0.141. The molecule has 112 valence electrons. The average Bonchev–Trinajstić information content (AvgIpc) is 2.36. The minimum atomic E-state index is -5.03. The number of benzene rings is 1. The molecule has 0 amide bonds. The molecule has 0 spiro atoms. The van der Waals surface area contributed by atoms with Crippen molar-refractivity contribution in [3.63, 3.8) is 0 Å². The monoisotopic (exact) mass is 312 g/mol. The topological polar surface area (TPSA) is 123 Å². The number of carboxylic acids is 1. The molecular formula is C10H11F3N2O4S. The maximum absolute atomic E-state index is 12.8. The first-order valence-corrected chi connectivity index (χ1v) is 6.60. The van der Waals surface area contributed by atoms with E-state index < -0.39 is 43.9 Å². The highest BCUT2D eigenvalue weighted by Crippen LogP contribution is 2.36. The van der Waals surface area contributed by atoms with E-state index in [0.717, 1.165) is 12.1 Å². The SMILES string of the molecule is NCC(N)(C(=O)O)S(=O)(=O)c1ccccc1C(F)(F)F. The molecule has 10 heteroatoms. The highest BCUT2D eigenvalue weighted by Gasteiger charge is 2.50. The van der Waals surface area contributed by atoms with E-state index in [1.54, 1.807) is 0 Å². The molecule has 0 fully saturated rings. The molecule has 1 aromatic carbocycles. The molecule has 1 rings (SSSR count). The Balaban J connectivity index is 3.65. The van der Waals surface area contributed by atoms with Gasteiger partial charge in [-0.2, -0.15) is 13.2 Å². The summed E-state index contributed by atoms with van der Waals surface area (Å²) in [5, 5.41) is 8.86. The number of nitrogens with two attached hydrogens (primary N) is 2. The van der Waals surface area contributed by atoms with Gasteiger partial charge in [0.1, 0.15) is 0 Å². The number of alkyl halides is 3. The molecule has 1 unspecified atom stereocenters. The summed E-state index contributed by atoms with van der Waals surface area (Å²) < 4.78 is 62.6. The molecule has 0 heterocycles. The number of carboxylic acid groups (broad SMARTS) is 1. The summed E-state index contributed by atoms with van der Waals surface area (Å²) >= 11 is 0. The number of sulfone groups is 1. The molecule has 0 radical (unpaired) electrons. The predicted octanol–water partition coefficient (Wildman–Crippen LogP) is 0.177. The van der Waals surface area contributed by atoms with Gasteiger partial charge in [0.05, 0.1) is 10.5 Å². The zero-order chi connectivity index (χ0) is 15.8. The van der Waals surface area contributed by atoms with E-state index in [2.05, 4.69) is 0 Å². The maximum Gasteiger partial charge on any atom is 0.417 e. The summed E-state index contributed by atoms with van der Waals surface area (Å²) in [6.07, 6.45) is -4.97. The Morgan fingerprint density at radius 2 is 1.75 bits per heavy atom. The molecule has 20 heavy (non-hydrogen) atoms. The third-order valence-corrected chi connectivity index (χ3v) is 4.86. The van der Waals surface area contributed by atoms with Gasteiger partial charge in [0.2, 0.25) is 14.7 Å². The van der Waals surface area contributed by atoms with Crippen LogP contribution in [0.2, 0.25) is 0 Å². The van der Waals surface area contributed by atoms with Crippen molar-refractivity contribution in [1.82, 2.24) is 0 Å². The van der Waals surface area contributed by atoms with E-state index >= 15 is 0 Å². The van der Waals surface area contributed by atoms with E-state index in [4.69, 9.17) is 16.6 Å². The third-order valence-electron chi connectivity index (χ3n) is 2.63. The second-order valence-electron chi connectivity index (χ2n) is 3.90. The van der Waals surface area contributed by atoms with Gasteiger partial charge in [-0.15, -0.1) is 0 Å². The van der Waals surface area contributed by atoms with E-state index in [1.165, 1.54) is 0 Å². The Bertz CT molecular complexity index is 630. The minimum absolute atomic E-state index is 0.520. The fourth-order valence-corrected chi connectivity index (χ4v) is 3.02. The second kappa shape index (κ2) is 5.04. The lowest BCUT2D eigenvalue weighted by atomic mass is 10.2. The van der Waals surface area contributed by atoms with Crippen LogP contribution in [0.5, 0.6) is 0 Å². The van der Waals surface area contributed by atoms with Crippen LogP contribution in [0, 0.1) is 0 Å². The summed E-state index contributed by atoms with van der Waals surface area (Å²) in [4.78, 5) is 6.71. The first-order valence-electron chi connectivity index (χ1n) is 5.11. The van der Waals surface area contributed by atoms with Crippen LogP contribution < -0.4 is 11.5 Å². The molecule has 1 aromatic rings. The summed E-state index contributed by atoms with van der Waals surface area (Å²) in [6.45, 7) is -1.07. The Kier molecular flexibility index (Phi) is 4.13. The Labute approximate surface area is 112 Å². The van der Waals surface area contributed by atoms with Crippen molar-refractivity contribution in [1.29, 1.82) is 0 Å². The lowest BCUT2D eigenvalue weighted by Gasteiger charge is -2.24. The standard InChI is InChI=1S/C10H11F3N2O4S/c11-10(12,13)6-3-1-2-4-7(6)20(18,19)9(15,5-14)8(16)17/h1-4H,5,14-15H2,(H,16,17). The molecular weight excluding hydrogens is 301 g/mol. The van der Waals surface area contributed by atoms with Gasteiger partial charge in [-0.3, -0.25) is 0 Å². The van der Waals surface area contributed by atoms with Crippen molar-refractivity contribution in [3.05, 3.63) is 29.8 Å². The first-order chi connectivity index (χ1) is 8.98. The molecule has 0 aromatic heterocycles. The number of hydrogen-bond donors (Lipinski definition) is 3. The van der Waals surface area contributed by atoms with Gasteiger partial charge in [0.15, 0.2) is 0 Å². The van der Waals surface area contributed by atoms with Crippen molar-refractivity contribution < 1.29 is 31.5 Å².